The molecule has 20 heavy (non-hydrogen) atoms. The van der Waals surface area contributed by atoms with E-state index in [2.05, 4.69) is 10.6 Å². The van der Waals surface area contributed by atoms with Gasteiger partial charge < -0.3 is 10.6 Å². The number of hydrogen-bond acceptors (Lipinski definition) is 3. The second-order valence-corrected chi connectivity index (χ2v) is 6.60. The molecule has 0 saturated heterocycles. The molecular formula is C16H28N2O2. The van der Waals surface area contributed by atoms with Gasteiger partial charge in [0.05, 0.1) is 0 Å². The van der Waals surface area contributed by atoms with E-state index in [0.29, 0.717) is 30.2 Å². The van der Waals surface area contributed by atoms with Crippen molar-refractivity contribution in [2.24, 2.45) is 11.8 Å². The van der Waals surface area contributed by atoms with E-state index in [1.54, 1.807) is 6.92 Å². The lowest BCUT2D eigenvalue weighted by molar-refractivity contribution is -0.123. The molecule has 0 aromatic rings. The van der Waals surface area contributed by atoms with Gasteiger partial charge in [-0.1, -0.05) is 0 Å². The number of amides is 1. The maximum atomic E-state index is 12.1. The minimum Gasteiger partial charge on any atom is -0.353 e. The molecule has 0 spiro atoms. The number of nitrogens with one attached hydrogen (secondary N) is 2. The van der Waals surface area contributed by atoms with E-state index in [9.17, 15) is 9.59 Å². The van der Waals surface area contributed by atoms with Gasteiger partial charge in [0.25, 0.3) is 0 Å². The van der Waals surface area contributed by atoms with E-state index in [1.165, 1.54) is 6.42 Å². The lowest BCUT2D eigenvalue weighted by Gasteiger charge is -2.28. The van der Waals surface area contributed by atoms with Crippen LogP contribution in [0.3, 0.4) is 0 Å². The van der Waals surface area contributed by atoms with Gasteiger partial charge in [-0.15, -0.1) is 0 Å². The maximum absolute atomic E-state index is 12.1. The van der Waals surface area contributed by atoms with Crippen LogP contribution in [0.2, 0.25) is 0 Å². The van der Waals surface area contributed by atoms with Gasteiger partial charge >= 0.3 is 0 Å². The zero-order valence-corrected chi connectivity index (χ0v) is 12.8. The molecule has 2 unspecified atom stereocenters. The van der Waals surface area contributed by atoms with Crippen LogP contribution in [0.4, 0.5) is 0 Å². The van der Waals surface area contributed by atoms with Gasteiger partial charge in [0.2, 0.25) is 5.91 Å². The van der Waals surface area contributed by atoms with Gasteiger partial charge in [-0.25, -0.2) is 0 Å². The smallest absolute Gasteiger partial charge is 0.220 e. The van der Waals surface area contributed by atoms with Gasteiger partial charge in [-0.3, -0.25) is 9.59 Å². The second-order valence-electron chi connectivity index (χ2n) is 6.60. The summed E-state index contributed by atoms with van der Waals surface area (Å²) in [5.41, 5.74) is 0. The predicted octanol–water partition coefficient (Wildman–Crippen LogP) is 2.03. The van der Waals surface area contributed by atoms with Crippen molar-refractivity contribution in [1.29, 1.82) is 0 Å². The fourth-order valence-corrected chi connectivity index (χ4v) is 3.72. The number of carbonyl (C=O) groups is 2. The Bertz CT molecular complexity index is 348. The number of ketones is 1. The summed E-state index contributed by atoms with van der Waals surface area (Å²) in [6.07, 6.45) is 7.94. The Kier molecular flexibility index (Phi) is 5.58. The molecule has 4 heteroatoms. The van der Waals surface area contributed by atoms with E-state index in [0.717, 1.165) is 38.5 Å². The van der Waals surface area contributed by atoms with E-state index < -0.39 is 0 Å². The average Bonchev–Trinajstić information content (AvgIpc) is 2.86. The molecule has 0 bridgehead atoms. The number of Topliss-reactive ketones (excluding diaryl/α,β-unsaturated/α-hetero) is 1. The van der Waals surface area contributed by atoms with Crippen molar-refractivity contribution in [3.05, 3.63) is 0 Å². The average molecular weight is 280 g/mol. The number of rotatable bonds is 5. The highest BCUT2D eigenvalue weighted by molar-refractivity contribution is 5.78. The first-order valence-electron chi connectivity index (χ1n) is 8.05. The molecule has 0 aromatic carbocycles. The minimum atomic E-state index is 0.207. The van der Waals surface area contributed by atoms with Crippen molar-refractivity contribution in [2.45, 2.75) is 70.4 Å². The molecule has 2 aliphatic carbocycles. The first-order chi connectivity index (χ1) is 9.58. The third-order valence-corrected chi connectivity index (χ3v) is 5.09. The van der Waals surface area contributed by atoms with Crippen LogP contribution in [-0.2, 0) is 9.59 Å². The Hall–Kier alpha value is -0.900. The monoisotopic (exact) mass is 280 g/mol. The fraction of sp³-hybridized carbons (Fsp3) is 0.875. The Morgan fingerprint density at radius 2 is 1.65 bits per heavy atom. The standard InChI is InChI=1S/C16H28N2O2/c1-11(19)13-4-7-14(8-5-13)18-16(20)10-12-3-6-15(9-12)17-2/h12-15,17H,3-10H2,1-2H3,(H,18,20). The highest BCUT2D eigenvalue weighted by Crippen LogP contribution is 2.29. The van der Waals surface area contributed by atoms with Crippen molar-refractivity contribution in [3.8, 4) is 0 Å². The molecule has 2 aliphatic rings. The zero-order valence-electron chi connectivity index (χ0n) is 12.8. The molecule has 4 nitrogen and oxygen atoms in total. The van der Waals surface area contributed by atoms with Crippen molar-refractivity contribution in [1.82, 2.24) is 10.6 Å². The van der Waals surface area contributed by atoms with E-state index in [1.807, 2.05) is 7.05 Å². The van der Waals surface area contributed by atoms with Crippen LogP contribution >= 0.6 is 0 Å². The summed E-state index contributed by atoms with van der Waals surface area (Å²) in [5.74, 6) is 1.28. The van der Waals surface area contributed by atoms with E-state index in [-0.39, 0.29) is 11.8 Å². The molecular weight excluding hydrogens is 252 g/mol. The van der Waals surface area contributed by atoms with Crippen molar-refractivity contribution in [3.63, 3.8) is 0 Å². The summed E-state index contributed by atoms with van der Waals surface area (Å²) in [4.78, 5) is 23.4. The predicted molar refractivity (Wildman–Crippen MR) is 79.4 cm³/mol. The Labute approximate surface area is 122 Å². The first-order valence-corrected chi connectivity index (χ1v) is 8.05. The third kappa shape index (κ3) is 4.30. The second kappa shape index (κ2) is 7.21. The SMILES string of the molecule is CNC1CCC(CC(=O)NC2CCC(C(C)=O)CC2)C1. The van der Waals surface area contributed by atoms with Crippen LogP contribution in [-0.4, -0.2) is 30.8 Å². The Balaban J connectivity index is 1.67. The highest BCUT2D eigenvalue weighted by Gasteiger charge is 2.28. The van der Waals surface area contributed by atoms with E-state index >= 15 is 0 Å². The summed E-state index contributed by atoms with van der Waals surface area (Å²) in [5, 5.41) is 6.47. The normalized spacial score (nSPS) is 33.9. The zero-order chi connectivity index (χ0) is 14.5. The lowest BCUT2D eigenvalue weighted by atomic mass is 9.84. The van der Waals surface area contributed by atoms with Crippen molar-refractivity contribution >= 4 is 11.7 Å². The fourth-order valence-electron chi connectivity index (χ4n) is 3.72. The van der Waals surface area contributed by atoms with Crippen molar-refractivity contribution < 1.29 is 9.59 Å². The molecule has 2 atom stereocenters. The van der Waals surface area contributed by atoms with Gasteiger partial charge in [0.1, 0.15) is 5.78 Å². The summed E-state index contributed by atoms with van der Waals surface area (Å²) in [6, 6.07) is 0.887. The van der Waals surface area contributed by atoms with Crippen molar-refractivity contribution in [2.75, 3.05) is 7.05 Å². The quantitative estimate of drug-likeness (QED) is 0.810. The lowest BCUT2D eigenvalue weighted by Crippen LogP contribution is -2.39. The Morgan fingerprint density at radius 3 is 2.20 bits per heavy atom. The van der Waals surface area contributed by atoms with Gasteiger partial charge in [-0.05, 0) is 64.8 Å². The van der Waals surface area contributed by atoms with Crippen LogP contribution in [0.5, 0.6) is 0 Å². The number of hydrogen-bond donors (Lipinski definition) is 2. The van der Waals surface area contributed by atoms with Crippen LogP contribution in [0, 0.1) is 11.8 Å². The molecule has 0 radical (unpaired) electrons. The summed E-state index contributed by atoms with van der Waals surface area (Å²) >= 11 is 0. The molecule has 2 N–H and O–H groups in total. The summed E-state index contributed by atoms with van der Waals surface area (Å²) in [6.45, 7) is 1.68. The molecule has 2 saturated carbocycles. The molecule has 0 aliphatic heterocycles. The molecule has 0 aromatic heterocycles. The first kappa shape index (κ1) is 15.5. The summed E-state index contributed by atoms with van der Waals surface area (Å²) < 4.78 is 0. The topological polar surface area (TPSA) is 58.2 Å². The van der Waals surface area contributed by atoms with Gasteiger partial charge in [0, 0.05) is 24.4 Å². The third-order valence-electron chi connectivity index (χ3n) is 5.09. The largest absolute Gasteiger partial charge is 0.353 e. The molecule has 2 fully saturated rings. The molecule has 0 heterocycles. The Morgan fingerprint density at radius 1 is 1.00 bits per heavy atom. The molecule has 1 amide bonds. The van der Waals surface area contributed by atoms with Crippen LogP contribution in [0.25, 0.3) is 0 Å². The maximum Gasteiger partial charge on any atom is 0.220 e. The van der Waals surface area contributed by atoms with Gasteiger partial charge in [0.15, 0.2) is 0 Å². The van der Waals surface area contributed by atoms with Crippen LogP contribution in [0.15, 0.2) is 0 Å². The minimum absolute atomic E-state index is 0.207. The van der Waals surface area contributed by atoms with Crippen LogP contribution in [0.1, 0.15) is 58.3 Å². The van der Waals surface area contributed by atoms with E-state index in [4.69, 9.17) is 0 Å². The number of carbonyl (C=O) groups excluding carboxylic acids is 2. The van der Waals surface area contributed by atoms with Crippen LogP contribution < -0.4 is 10.6 Å². The molecule has 2 rings (SSSR count). The van der Waals surface area contributed by atoms with Gasteiger partial charge in [-0.2, -0.15) is 0 Å². The highest BCUT2D eigenvalue weighted by atomic mass is 16.1. The summed E-state index contributed by atoms with van der Waals surface area (Å²) in [7, 11) is 2.00. The molecule has 114 valence electrons.